The molecule has 1 unspecified atom stereocenters. The van der Waals surface area contributed by atoms with Gasteiger partial charge in [-0.3, -0.25) is 10.1 Å². The molecule has 5 rings (SSSR count). The van der Waals surface area contributed by atoms with Gasteiger partial charge in [-0.05, 0) is 115 Å². The fraction of sp³-hybridized carbons (Fsp3) is 0.375. The van der Waals surface area contributed by atoms with Gasteiger partial charge in [0.15, 0.2) is 0 Å². The summed E-state index contributed by atoms with van der Waals surface area (Å²) < 4.78 is 12.9. The van der Waals surface area contributed by atoms with Crippen molar-refractivity contribution in [1.29, 1.82) is 0 Å². The number of carboxylic acid groups (broad SMARTS) is 1. The van der Waals surface area contributed by atoms with Gasteiger partial charge in [0.25, 0.3) is 0 Å². The number of nitrogens with one attached hydrogen (secondary N) is 2. The number of carboxylic acids is 1. The molecule has 0 saturated carbocycles. The molecule has 0 aromatic heterocycles. The number of ether oxygens (including phenoxy) is 2. The Morgan fingerprint density at radius 1 is 0.917 bits per heavy atom. The molecule has 0 saturated heterocycles. The Morgan fingerprint density at radius 2 is 1.58 bits per heavy atom. The van der Waals surface area contributed by atoms with Crippen LogP contribution in [-0.2, 0) is 30.9 Å². The normalized spacial score (nSPS) is 15.9. The molecule has 8 nitrogen and oxygen atoms in total. The van der Waals surface area contributed by atoms with Gasteiger partial charge < -0.3 is 30.1 Å². The summed E-state index contributed by atoms with van der Waals surface area (Å²) in [5.74, 6) is 0.578. The Labute approximate surface area is 283 Å². The third-order valence-corrected chi connectivity index (χ3v) is 9.48. The number of rotatable bonds is 15. The van der Waals surface area contributed by atoms with Gasteiger partial charge in [0.1, 0.15) is 29.7 Å². The van der Waals surface area contributed by atoms with Gasteiger partial charge in [0.2, 0.25) is 0 Å². The van der Waals surface area contributed by atoms with Crippen LogP contribution in [0.1, 0.15) is 70.9 Å². The highest BCUT2D eigenvalue weighted by Crippen LogP contribution is 2.42. The molecule has 254 valence electrons. The van der Waals surface area contributed by atoms with Gasteiger partial charge >= 0.3 is 5.97 Å². The van der Waals surface area contributed by atoms with E-state index in [1.165, 1.54) is 34.7 Å². The van der Waals surface area contributed by atoms with E-state index in [0.717, 1.165) is 52.2 Å². The Morgan fingerprint density at radius 3 is 2.25 bits per heavy atom. The lowest BCUT2D eigenvalue weighted by Crippen LogP contribution is -2.52. The van der Waals surface area contributed by atoms with E-state index in [-0.39, 0.29) is 18.8 Å². The third kappa shape index (κ3) is 7.90. The van der Waals surface area contributed by atoms with Crippen LogP contribution >= 0.6 is 0 Å². The molecule has 4 aromatic rings. The zero-order valence-corrected chi connectivity index (χ0v) is 28.6. The summed E-state index contributed by atoms with van der Waals surface area (Å²) in [7, 11) is 0. The van der Waals surface area contributed by atoms with Crippen LogP contribution < -0.4 is 20.1 Å². The maximum absolute atomic E-state index is 11.5. The van der Waals surface area contributed by atoms with Crippen molar-refractivity contribution in [3.8, 4) is 22.6 Å². The van der Waals surface area contributed by atoms with Crippen LogP contribution in [-0.4, -0.2) is 46.1 Å². The molecule has 0 spiro atoms. The van der Waals surface area contributed by atoms with Gasteiger partial charge in [0, 0.05) is 19.1 Å². The number of hydrogen-bond donors (Lipinski definition) is 5. The lowest BCUT2D eigenvalue weighted by Gasteiger charge is -2.24. The number of benzene rings is 4. The molecule has 0 bridgehead atoms. The topological polar surface area (TPSA) is 120 Å². The first-order valence-corrected chi connectivity index (χ1v) is 16.7. The SMILES string of the molecule is Cc1cc(CN[C@@H](C)CO)ccc1OCc1cccc(-c2cccc3c2CCC3Oc2ccc(CN[C@@](C)(CO)C(=O)O)cc2C)c1C. The Hall–Kier alpha value is -4.21. The first-order valence-electron chi connectivity index (χ1n) is 16.7. The molecule has 0 heterocycles. The van der Waals surface area contributed by atoms with Crippen molar-refractivity contribution in [1.82, 2.24) is 10.6 Å². The highest BCUT2D eigenvalue weighted by atomic mass is 16.5. The molecular weight excluding hydrogens is 604 g/mol. The van der Waals surface area contributed by atoms with Gasteiger partial charge in [-0.2, -0.15) is 0 Å². The molecule has 0 amide bonds. The molecule has 1 aliphatic carbocycles. The largest absolute Gasteiger partial charge is 0.489 e. The zero-order chi connectivity index (χ0) is 34.4. The second-order valence-corrected chi connectivity index (χ2v) is 13.2. The van der Waals surface area contributed by atoms with Crippen LogP contribution in [0.15, 0.2) is 72.8 Å². The molecule has 3 atom stereocenters. The number of aliphatic hydroxyl groups excluding tert-OH is 2. The van der Waals surface area contributed by atoms with E-state index < -0.39 is 18.1 Å². The van der Waals surface area contributed by atoms with Crippen LogP contribution in [0, 0.1) is 20.8 Å². The van der Waals surface area contributed by atoms with Crippen molar-refractivity contribution in [3.63, 3.8) is 0 Å². The van der Waals surface area contributed by atoms with E-state index in [1.54, 1.807) is 0 Å². The molecule has 0 aliphatic heterocycles. The summed E-state index contributed by atoms with van der Waals surface area (Å²) in [6, 6.07) is 25.1. The lowest BCUT2D eigenvalue weighted by atomic mass is 9.91. The maximum Gasteiger partial charge on any atom is 0.326 e. The predicted octanol–water partition coefficient (Wildman–Crippen LogP) is 6.32. The molecule has 48 heavy (non-hydrogen) atoms. The molecule has 5 N–H and O–H groups in total. The highest BCUT2D eigenvalue weighted by molar-refractivity contribution is 5.78. The van der Waals surface area contributed by atoms with Crippen molar-refractivity contribution in [2.45, 2.75) is 84.8 Å². The number of carbonyl (C=O) groups is 1. The second-order valence-electron chi connectivity index (χ2n) is 13.2. The maximum atomic E-state index is 11.5. The van der Waals surface area contributed by atoms with Gasteiger partial charge in [0.05, 0.1) is 13.2 Å². The van der Waals surface area contributed by atoms with E-state index in [4.69, 9.17) is 9.47 Å². The summed E-state index contributed by atoms with van der Waals surface area (Å²) in [5.41, 5.74) is 10.0. The number of fused-ring (bicyclic) bond motifs is 1. The highest BCUT2D eigenvalue weighted by Gasteiger charge is 2.32. The first kappa shape index (κ1) is 35.1. The lowest BCUT2D eigenvalue weighted by molar-refractivity contribution is -0.145. The Kier molecular flexibility index (Phi) is 11.2. The zero-order valence-electron chi connectivity index (χ0n) is 28.6. The first-order chi connectivity index (χ1) is 23.0. The van der Waals surface area contributed by atoms with Crippen molar-refractivity contribution in [2.24, 2.45) is 0 Å². The summed E-state index contributed by atoms with van der Waals surface area (Å²) in [4.78, 5) is 11.5. The van der Waals surface area contributed by atoms with Crippen LogP contribution in [0.4, 0.5) is 0 Å². The van der Waals surface area contributed by atoms with E-state index in [9.17, 15) is 20.1 Å². The molecule has 0 fully saturated rings. The number of hydrogen-bond acceptors (Lipinski definition) is 7. The third-order valence-electron chi connectivity index (χ3n) is 9.48. The smallest absolute Gasteiger partial charge is 0.326 e. The minimum Gasteiger partial charge on any atom is -0.489 e. The molecular formula is C40H48N2O6. The second kappa shape index (κ2) is 15.3. The summed E-state index contributed by atoms with van der Waals surface area (Å²) >= 11 is 0. The summed E-state index contributed by atoms with van der Waals surface area (Å²) in [6.07, 6.45) is 1.74. The van der Waals surface area contributed by atoms with E-state index in [2.05, 4.69) is 73.0 Å². The van der Waals surface area contributed by atoms with Gasteiger partial charge in [-0.25, -0.2) is 0 Å². The fourth-order valence-corrected chi connectivity index (χ4v) is 6.22. The predicted molar refractivity (Wildman–Crippen MR) is 188 cm³/mol. The van der Waals surface area contributed by atoms with Crippen molar-refractivity contribution >= 4 is 5.97 Å². The summed E-state index contributed by atoms with van der Waals surface area (Å²) in [6.45, 7) is 10.8. The average Bonchev–Trinajstić information content (AvgIpc) is 3.50. The van der Waals surface area contributed by atoms with Crippen LogP contribution in [0.25, 0.3) is 11.1 Å². The molecule has 1 aliphatic rings. The Bertz CT molecular complexity index is 1750. The standard InChI is InChI=1S/C40H48N2O6/c1-25-18-29(20-41-27(3)22-43)12-15-36(25)47-23-31-8-6-9-32(28(31)4)33-10-7-11-35-34(33)14-17-38(35)48-37-16-13-30(19-26(37)2)21-42-40(5,24-44)39(45)46/h6-13,15-16,18-19,27,38,41-44H,14,17,20-24H2,1-5H3,(H,45,46)/t27-,38?,40-/m0/s1. The van der Waals surface area contributed by atoms with Crippen molar-refractivity contribution in [3.05, 3.63) is 117 Å². The molecule has 8 heteroatoms. The monoisotopic (exact) mass is 652 g/mol. The van der Waals surface area contributed by atoms with Gasteiger partial charge in [-0.15, -0.1) is 0 Å². The molecule has 4 aromatic carbocycles. The van der Waals surface area contributed by atoms with Crippen LogP contribution in [0.3, 0.4) is 0 Å². The Balaban J connectivity index is 1.27. The van der Waals surface area contributed by atoms with Gasteiger partial charge in [-0.1, -0.05) is 60.7 Å². The average molecular weight is 653 g/mol. The van der Waals surface area contributed by atoms with Crippen LogP contribution in [0.5, 0.6) is 11.5 Å². The van der Waals surface area contributed by atoms with Crippen molar-refractivity contribution < 1.29 is 29.6 Å². The number of aliphatic carboxylic acids is 1. The summed E-state index contributed by atoms with van der Waals surface area (Å²) in [5, 5.41) is 34.5. The fourth-order valence-electron chi connectivity index (χ4n) is 6.22. The quantitative estimate of drug-likeness (QED) is 0.101. The minimum absolute atomic E-state index is 0.0519. The minimum atomic E-state index is -1.40. The van der Waals surface area contributed by atoms with E-state index >= 15 is 0 Å². The van der Waals surface area contributed by atoms with E-state index in [1.807, 2.05) is 38.1 Å². The number of aryl methyl sites for hydroxylation is 2. The van der Waals surface area contributed by atoms with E-state index in [0.29, 0.717) is 19.7 Å². The van der Waals surface area contributed by atoms with Crippen molar-refractivity contribution in [2.75, 3.05) is 13.2 Å². The van der Waals surface area contributed by atoms with Crippen LogP contribution in [0.2, 0.25) is 0 Å². The molecule has 0 radical (unpaired) electrons. The number of aliphatic hydroxyl groups is 2.